The Labute approximate surface area is 170 Å². The molecule has 0 saturated heterocycles. The van der Waals surface area contributed by atoms with E-state index in [1.54, 1.807) is 0 Å². The third-order valence-corrected chi connectivity index (χ3v) is 6.52. The van der Waals surface area contributed by atoms with Crippen molar-refractivity contribution in [2.75, 3.05) is 13.1 Å². The highest BCUT2D eigenvalue weighted by Gasteiger charge is 2.16. The van der Waals surface area contributed by atoms with Crippen LogP contribution in [0.25, 0.3) is 0 Å². The Hall–Kier alpha value is -2.02. The quantitative estimate of drug-likeness (QED) is 0.424. The largest absolute Gasteiger partial charge is 0.457 e. The van der Waals surface area contributed by atoms with Gasteiger partial charge in [-0.15, -0.1) is 0 Å². The van der Waals surface area contributed by atoms with E-state index in [0.717, 1.165) is 0 Å². The van der Waals surface area contributed by atoms with E-state index in [-0.39, 0.29) is 22.9 Å². The van der Waals surface area contributed by atoms with Crippen LogP contribution in [0.4, 0.5) is 0 Å². The Morgan fingerprint density at radius 1 is 0.724 bits per heavy atom. The Morgan fingerprint density at radius 2 is 1.03 bits per heavy atom. The Morgan fingerprint density at radius 3 is 1.31 bits per heavy atom. The molecule has 4 N–H and O–H groups in total. The zero-order valence-corrected chi connectivity index (χ0v) is 17.6. The number of rotatable bonds is 10. The summed E-state index contributed by atoms with van der Waals surface area (Å²) in [6.07, 6.45) is -1.61. The minimum Gasteiger partial charge on any atom is -0.457 e. The van der Waals surface area contributed by atoms with Gasteiger partial charge < -0.3 is 14.9 Å². The van der Waals surface area contributed by atoms with E-state index < -0.39 is 32.3 Å². The molecule has 0 aliphatic heterocycles. The summed E-state index contributed by atoms with van der Waals surface area (Å²) in [5.41, 5.74) is 0. The fourth-order valence-corrected chi connectivity index (χ4v) is 4.38. The van der Waals surface area contributed by atoms with Gasteiger partial charge in [-0.05, 0) is 62.4 Å². The third-order valence-electron chi connectivity index (χ3n) is 3.64. The van der Waals surface area contributed by atoms with Crippen LogP contribution < -0.4 is 14.2 Å². The first-order valence-electron chi connectivity index (χ1n) is 8.73. The number of ether oxygens (including phenoxy) is 1. The van der Waals surface area contributed by atoms with Gasteiger partial charge in [0.1, 0.15) is 11.5 Å². The molecule has 2 rings (SSSR count). The number of aliphatic hydroxyl groups excluding tert-OH is 2. The lowest BCUT2D eigenvalue weighted by atomic mass is 10.3. The van der Waals surface area contributed by atoms with Crippen LogP contribution in [-0.4, -0.2) is 52.3 Å². The molecule has 11 heteroatoms. The number of hydrogen-bond donors (Lipinski definition) is 4. The molecule has 2 aromatic carbocycles. The molecule has 0 amide bonds. The Balaban J connectivity index is 2.05. The number of aliphatic hydroxyl groups is 2. The molecule has 9 nitrogen and oxygen atoms in total. The van der Waals surface area contributed by atoms with Gasteiger partial charge >= 0.3 is 0 Å². The van der Waals surface area contributed by atoms with Crippen LogP contribution in [-0.2, 0) is 20.0 Å². The van der Waals surface area contributed by atoms with E-state index in [9.17, 15) is 27.0 Å². The molecule has 0 radical (unpaired) electrons. The van der Waals surface area contributed by atoms with E-state index in [1.165, 1.54) is 62.4 Å². The second-order valence-corrected chi connectivity index (χ2v) is 9.98. The maximum absolute atomic E-state index is 12.1. The van der Waals surface area contributed by atoms with Crippen LogP contribution in [0.1, 0.15) is 13.8 Å². The molecule has 0 fully saturated rings. The average Bonchev–Trinajstić information content (AvgIpc) is 2.66. The molecule has 160 valence electrons. The highest BCUT2D eigenvalue weighted by molar-refractivity contribution is 7.89. The molecular weight excluding hydrogens is 420 g/mol. The van der Waals surface area contributed by atoms with Crippen molar-refractivity contribution >= 4 is 20.0 Å². The van der Waals surface area contributed by atoms with Gasteiger partial charge in [-0.1, -0.05) is 0 Å². The van der Waals surface area contributed by atoms with Gasteiger partial charge in [0.15, 0.2) is 0 Å². The first-order chi connectivity index (χ1) is 13.5. The van der Waals surface area contributed by atoms with Crippen molar-refractivity contribution in [2.24, 2.45) is 0 Å². The smallest absolute Gasteiger partial charge is 0.240 e. The molecule has 0 heterocycles. The zero-order valence-electron chi connectivity index (χ0n) is 15.9. The summed E-state index contributed by atoms with van der Waals surface area (Å²) >= 11 is 0. The zero-order chi connectivity index (χ0) is 21.7. The van der Waals surface area contributed by atoms with E-state index in [4.69, 9.17) is 4.74 Å². The highest BCUT2D eigenvalue weighted by atomic mass is 32.2. The molecule has 0 bridgehead atoms. The molecule has 2 atom stereocenters. The van der Waals surface area contributed by atoms with Crippen molar-refractivity contribution in [2.45, 2.75) is 35.8 Å². The number of nitrogens with one attached hydrogen (secondary N) is 2. The van der Waals surface area contributed by atoms with Crippen molar-refractivity contribution in [3.8, 4) is 11.5 Å². The van der Waals surface area contributed by atoms with Crippen molar-refractivity contribution in [1.29, 1.82) is 0 Å². The monoisotopic (exact) mass is 444 g/mol. The van der Waals surface area contributed by atoms with Gasteiger partial charge in [0.05, 0.1) is 22.0 Å². The van der Waals surface area contributed by atoms with Crippen molar-refractivity contribution in [1.82, 2.24) is 9.44 Å². The highest BCUT2D eigenvalue weighted by Crippen LogP contribution is 2.24. The van der Waals surface area contributed by atoms with E-state index in [2.05, 4.69) is 9.44 Å². The van der Waals surface area contributed by atoms with Crippen LogP contribution in [0.2, 0.25) is 0 Å². The summed E-state index contributed by atoms with van der Waals surface area (Å²) < 4.78 is 58.5. The maximum Gasteiger partial charge on any atom is 0.240 e. The number of sulfonamides is 2. The molecule has 0 aromatic heterocycles. The lowest BCUT2D eigenvalue weighted by molar-refractivity contribution is 0.198. The lowest BCUT2D eigenvalue weighted by Gasteiger charge is -2.11. The van der Waals surface area contributed by atoms with E-state index in [0.29, 0.717) is 11.5 Å². The summed E-state index contributed by atoms with van der Waals surface area (Å²) in [5.74, 6) is 0.727. The van der Waals surface area contributed by atoms with Crippen LogP contribution in [0, 0.1) is 0 Å². The maximum atomic E-state index is 12.1. The topological polar surface area (TPSA) is 142 Å². The van der Waals surface area contributed by atoms with Crippen LogP contribution >= 0.6 is 0 Å². The average molecular weight is 445 g/mol. The van der Waals surface area contributed by atoms with Gasteiger partial charge in [0.25, 0.3) is 0 Å². The Bertz CT molecular complexity index is 918. The van der Waals surface area contributed by atoms with Gasteiger partial charge in [0, 0.05) is 13.1 Å². The predicted molar refractivity (Wildman–Crippen MR) is 107 cm³/mol. The predicted octanol–water partition coefficient (Wildman–Crippen LogP) is 0.797. The molecule has 2 aromatic rings. The Kier molecular flexibility index (Phi) is 7.74. The minimum atomic E-state index is -3.74. The third kappa shape index (κ3) is 7.07. The first-order valence-corrected chi connectivity index (χ1v) is 11.7. The summed E-state index contributed by atoms with van der Waals surface area (Å²) in [5, 5.41) is 18.4. The fraction of sp³-hybridized carbons (Fsp3) is 0.333. The van der Waals surface area contributed by atoms with Crippen molar-refractivity contribution in [3.63, 3.8) is 0 Å². The summed E-state index contributed by atoms with van der Waals surface area (Å²) in [4.78, 5) is 0.0484. The summed E-state index contributed by atoms with van der Waals surface area (Å²) in [7, 11) is -7.47. The van der Waals surface area contributed by atoms with Gasteiger partial charge in [-0.3, -0.25) is 0 Å². The van der Waals surface area contributed by atoms with Gasteiger partial charge in [-0.2, -0.15) is 0 Å². The van der Waals surface area contributed by atoms with Crippen molar-refractivity contribution < 1.29 is 31.8 Å². The normalized spacial score (nSPS) is 14.3. The standard InChI is InChI=1S/C18H24N2O7S2/c1-13(21)11-19-28(23,24)17-7-3-15(4-8-17)27-16-5-9-18(10-6-16)29(25,26)20-12-14(2)22/h3-10,13-14,19-22H,11-12H2,1-2H3/t13-,14+. The van der Waals surface area contributed by atoms with Crippen LogP contribution in [0.3, 0.4) is 0 Å². The first kappa shape index (κ1) is 23.3. The second kappa shape index (κ2) is 9.65. The van der Waals surface area contributed by atoms with Crippen LogP contribution in [0.5, 0.6) is 11.5 Å². The summed E-state index contributed by atoms with van der Waals surface area (Å²) in [6, 6.07) is 11.3. The minimum absolute atomic E-state index is 0.0242. The van der Waals surface area contributed by atoms with Gasteiger partial charge in [0.2, 0.25) is 20.0 Å². The number of hydrogen-bond acceptors (Lipinski definition) is 7. The van der Waals surface area contributed by atoms with Crippen molar-refractivity contribution in [3.05, 3.63) is 48.5 Å². The molecule has 0 spiro atoms. The SMILES string of the molecule is C[C@H](O)CNS(=O)(=O)c1ccc(Oc2ccc(S(=O)(=O)NC[C@@H](C)O)cc2)cc1. The van der Waals surface area contributed by atoms with E-state index in [1.807, 2.05) is 0 Å². The fourth-order valence-electron chi connectivity index (χ4n) is 2.14. The van der Waals surface area contributed by atoms with Gasteiger partial charge in [-0.25, -0.2) is 26.3 Å². The molecule has 0 saturated carbocycles. The molecule has 0 aliphatic carbocycles. The molecule has 0 aliphatic rings. The lowest BCUT2D eigenvalue weighted by Crippen LogP contribution is -2.30. The summed E-state index contributed by atoms with van der Waals surface area (Å²) in [6.45, 7) is 2.75. The second-order valence-electron chi connectivity index (χ2n) is 6.45. The molecule has 0 unspecified atom stereocenters. The molecule has 29 heavy (non-hydrogen) atoms. The van der Waals surface area contributed by atoms with Crippen LogP contribution in [0.15, 0.2) is 58.3 Å². The number of benzene rings is 2. The van der Waals surface area contributed by atoms with E-state index >= 15 is 0 Å². The molecular formula is C18H24N2O7S2.